The summed E-state index contributed by atoms with van der Waals surface area (Å²) in [5.74, 6) is -0.702. The van der Waals surface area contributed by atoms with Crippen LogP contribution in [0.4, 0.5) is 13.2 Å². The van der Waals surface area contributed by atoms with E-state index in [1.807, 2.05) is 20.8 Å². The van der Waals surface area contributed by atoms with Crippen molar-refractivity contribution in [2.75, 3.05) is 0 Å². The van der Waals surface area contributed by atoms with Crippen molar-refractivity contribution in [3.63, 3.8) is 0 Å². The summed E-state index contributed by atoms with van der Waals surface area (Å²) in [5.41, 5.74) is 0. The molecular formula is C9H17F3. The predicted molar refractivity (Wildman–Crippen MR) is 43.8 cm³/mol. The molecule has 0 radical (unpaired) electrons. The minimum Gasteiger partial charge on any atom is -0.171 e. The van der Waals surface area contributed by atoms with E-state index < -0.39 is 12.1 Å². The number of alkyl halides is 3. The molecule has 0 fully saturated rings. The van der Waals surface area contributed by atoms with Crippen LogP contribution in [0.2, 0.25) is 0 Å². The van der Waals surface area contributed by atoms with Gasteiger partial charge in [-0.25, -0.2) is 0 Å². The monoisotopic (exact) mass is 182 g/mol. The minimum absolute atomic E-state index is 0.140. The highest BCUT2D eigenvalue weighted by molar-refractivity contribution is 4.67. The molecule has 2 unspecified atom stereocenters. The van der Waals surface area contributed by atoms with Crippen molar-refractivity contribution in [2.45, 2.75) is 40.3 Å². The Hall–Kier alpha value is -0.210. The molecular weight excluding hydrogens is 165 g/mol. The molecule has 0 aliphatic carbocycles. The molecule has 0 spiro atoms. The fourth-order valence-corrected chi connectivity index (χ4v) is 0.963. The second-order valence-corrected chi connectivity index (χ2v) is 3.90. The van der Waals surface area contributed by atoms with Gasteiger partial charge in [0.15, 0.2) is 0 Å². The van der Waals surface area contributed by atoms with Crippen molar-refractivity contribution in [1.29, 1.82) is 0 Å². The van der Waals surface area contributed by atoms with Crippen molar-refractivity contribution >= 4 is 0 Å². The molecule has 74 valence electrons. The topological polar surface area (TPSA) is 0 Å². The molecule has 0 aromatic heterocycles. The second-order valence-electron chi connectivity index (χ2n) is 3.90. The molecule has 0 nitrogen and oxygen atoms in total. The van der Waals surface area contributed by atoms with Crippen LogP contribution < -0.4 is 0 Å². The van der Waals surface area contributed by atoms with E-state index >= 15 is 0 Å². The van der Waals surface area contributed by atoms with E-state index in [0.717, 1.165) is 0 Å². The molecule has 0 saturated heterocycles. The van der Waals surface area contributed by atoms with Gasteiger partial charge in [-0.05, 0) is 18.3 Å². The fraction of sp³-hybridized carbons (Fsp3) is 1.00. The Morgan fingerprint density at radius 3 is 1.67 bits per heavy atom. The molecule has 0 bridgehead atoms. The van der Waals surface area contributed by atoms with Gasteiger partial charge in [-0.2, -0.15) is 13.2 Å². The molecule has 0 aromatic carbocycles. The first-order chi connectivity index (χ1) is 5.25. The van der Waals surface area contributed by atoms with Crippen LogP contribution in [0.3, 0.4) is 0 Å². The zero-order chi connectivity index (χ0) is 9.94. The quantitative estimate of drug-likeness (QED) is 0.621. The van der Waals surface area contributed by atoms with Crippen LogP contribution in [0.5, 0.6) is 0 Å². The molecule has 0 rings (SSSR count). The lowest BCUT2D eigenvalue weighted by Crippen LogP contribution is -2.23. The van der Waals surface area contributed by atoms with Gasteiger partial charge in [-0.1, -0.05) is 27.7 Å². The van der Waals surface area contributed by atoms with Crippen LogP contribution in [0, 0.1) is 17.8 Å². The van der Waals surface area contributed by atoms with Crippen molar-refractivity contribution < 1.29 is 13.2 Å². The largest absolute Gasteiger partial charge is 0.391 e. The smallest absolute Gasteiger partial charge is 0.171 e. The lowest BCUT2D eigenvalue weighted by atomic mass is 9.88. The number of halogens is 3. The second kappa shape index (κ2) is 4.15. The van der Waals surface area contributed by atoms with E-state index in [4.69, 9.17) is 0 Å². The SMILES string of the molecule is CC(C)C(C)CC(C)C(F)(F)F. The molecule has 0 saturated carbocycles. The summed E-state index contributed by atoms with van der Waals surface area (Å²) >= 11 is 0. The lowest BCUT2D eigenvalue weighted by molar-refractivity contribution is -0.174. The van der Waals surface area contributed by atoms with E-state index in [0.29, 0.717) is 5.92 Å². The highest BCUT2D eigenvalue weighted by Gasteiger charge is 2.36. The van der Waals surface area contributed by atoms with Crippen molar-refractivity contribution in [3.8, 4) is 0 Å². The first-order valence-electron chi connectivity index (χ1n) is 4.31. The van der Waals surface area contributed by atoms with Crippen LogP contribution in [0.1, 0.15) is 34.1 Å². The molecule has 0 aliphatic heterocycles. The van der Waals surface area contributed by atoms with Crippen molar-refractivity contribution in [2.24, 2.45) is 17.8 Å². The summed E-state index contributed by atoms with van der Waals surface area (Å²) in [6, 6.07) is 0. The third-order valence-corrected chi connectivity index (χ3v) is 2.42. The Kier molecular flexibility index (Phi) is 4.08. The third-order valence-electron chi connectivity index (χ3n) is 2.42. The van der Waals surface area contributed by atoms with E-state index in [1.54, 1.807) is 0 Å². The van der Waals surface area contributed by atoms with E-state index in [2.05, 4.69) is 0 Å². The molecule has 2 atom stereocenters. The molecule has 12 heavy (non-hydrogen) atoms. The van der Waals surface area contributed by atoms with Crippen LogP contribution in [-0.4, -0.2) is 6.18 Å². The van der Waals surface area contributed by atoms with Gasteiger partial charge in [-0.3, -0.25) is 0 Å². The predicted octanol–water partition coefficient (Wildman–Crippen LogP) is 3.87. The summed E-state index contributed by atoms with van der Waals surface area (Å²) in [6.07, 6.45) is -3.79. The van der Waals surface area contributed by atoms with Gasteiger partial charge in [0.05, 0.1) is 5.92 Å². The minimum atomic E-state index is -4.02. The van der Waals surface area contributed by atoms with Gasteiger partial charge >= 0.3 is 6.18 Å². The maximum atomic E-state index is 12.1. The van der Waals surface area contributed by atoms with Gasteiger partial charge in [0.2, 0.25) is 0 Å². The molecule has 0 aromatic rings. The normalized spacial score (nSPS) is 18.0. The van der Waals surface area contributed by atoms with Crippen LogP contribution in [-0.2, 0) is 0 Å². The molecule has 3 heteroatoms. The highest BCUT2D eigenvalue weighted by Crippen LogP contribution is 2.32. The first-order valence-corrected chi connectivity index (χ1v) is 4.31. The zero-order valence-electron chi connectivity index (χ0n) is 8.07. The average molecular weight is 182 g/mol. The number of rotatable bonds is 3. The Balaban J connectivity index is 3.93. The van der Waals surface area contributed by atoms with Crippen LogP contribution >= 0.6 is 0 Å². The standard InChI is InChI=1S/C9H17F3/c1-6(2)7(3)5-8(4)9(10,11)12/h6-8H,5H2,1-4H3. The highest BCUT2D eigenvalue weighted by atomic mass is 19.4. The first kappa shape index (κ1) is 11.8. The van der Waals surface area contributed by atoms with Gasteiger partial charge in [-0.15, -0.1) is 0 Å². The summed E-state index contributed by atoms with van der Waals surface area (Å²) in [4.78, 5) is 0. The zero-order valence-corrected chi connectivity index (χ0v) is 8.07. The molecule has 0 N–H and O–H groups in total. The Morgan fingerprint density at radius 2 is 1.42 bits per heavy atom. The van der Waals surface area contributed by atoms with Crippen LogP contribution in [0.25, 0.3) is 0 Å². The maximum absolute atomic E-state index is 12.1. The Morgan fingerprint density at radius 1 is 1.00 bits per heavy atom. The lowest BCUT2D eigenvalue weighted by Gasteiger charge is -2.22. The van der Waals surface area contributed by atoms with Crippen molar-refractivity contribution in [1.82, 2.24) is 0 Å². The van der Waals surface area contributed by atoms with Gasteiger partial charge in [0.25, 0.3) is 0 Å². The molecule has 0 heterocycles. The summed E-state index contributed by atoms with van der Waals surface area (Å²) in [5, 5.41) is 0. The number of hydrogen-bond acceptors (Lipinski definition) is 0. The van der Waals surface area contributed by atoms with Crippen LogP contribution in [0.15, 0.2) is 0 Å². The molecule has 0 amide bonds. The summed E-state index contributed by atoms with van der Waals surface area (Å²) in [7, 11) is 0. The average Bonchev–Trinajstić information content (AvgIpc) is 1.85. The van der Waals surface area contributed by atoms with Gasteiger partial charge < -0.3 is 0 Å². The third kappa shape index (κ3) is 3.98. The van der Waals surface area contributed by atoms with Crippen molar-refractivity contribution in [3.05, 3.63) is 0 Å². The fourth-order valence-electron chi connectivity index (χ4n) is 0.963. The summed E-state index contributed by atoms with van der Waals surface area (Å²) < 4.78 is 36.2. The molecule has 0 aliphatic rings. The van der Waals surface area contributed by atoms with Gasteiger partial charge in [0.1, 0.15) is 0 Å². The summed E-state index contributed by atoms with van der Waals surface area (Å²) in [6.45, 7) is 7.02. The Labute approximate surface area is 72.2 Å². The van der Waals surface area contributed by atoms with Gasteiger partial charge in [0, 0.05) is 0 Å². The van der Waals surface area contributed by atoms with E-state index in [-0.39, 0.29) is 12.3 Å². The Bertz CT molecular complexity index is 126. The van der Waals surface area contributed by atoms with E-state index in [9.17, 15) is 13.2 Å². The number of hydrogen-bond donors (Lipinski definition) is 0. The van der Waals surface area contributed by atoms with E-state index in [1.165, 1.54) is 6.92 Å². The maximum Gasteiger partial charge on any atom is 0.391 e.